The lowest BCUT2D eigenvalue weighted by molar-refractivity contribution is -0.124. The molecule has 0 aromatic carbocycles. The monoisotopic (exact) mass is 670 g/mol. The molecule has 0 fully saturated rings. The summed E-state index contributed by atoms with van der Waals surface area (Å²) in [5, 5.41) is 23.7. The Labute approximate surface area is 280 Å². The van der Waals surface area contributed by atoms with Gasteiger partial charge in [-0.1, -0.05) is 120 Å². The Bertz CT molecular complexity index is 878. The second kappa shape index (κ2) is 32.0. The van der Waals surface area contributed by atoms with E-state index in [0.717, 1.165) is 38.5 Å². The van der Waals surface area contributed by atoms with Crippen molar-refractivity contribution in [2.45, 2.75) is 154 Å². The Kier molecular flexibility index (Phi) is 30.9. The van der Waals surface area contributed by atoms with E-state index in [4.69, 9.17) is 14.8 Å². The maximum atomic E-state index is 12.6. The Morgan fingerprint density at radius 1 is 0.739 bits per heavy atom. The summed E-state index contributed by atoms with van der Waals surface area (Å²) in [4.78, 5) is 22.5. The number of hydrogen-bond donors (Lipinski definition) is 5. The van der Waals surface area contributed by atoms with Crippen LogP contribution < -0.4 is 11.1 Å². The van der Waals surface area contributed by atoms with Gasteiger partial charge >= 0.3 is 7.82 Å². The second-order valence-electron chi connectivity index (χ2n) is 11.9. The Balaban J connectivity index is 4.58. The van der Waals surface area contributed by atoms with Crippen LogP contribution in [0.5, 0.6) is 0 Å². The third kappa shape index (κ3) is 29.8. The third-order valence-electron chi connectivity index (χ3n) is 7.41. The molecule has 0 aliphatic heterocycles. The fourth-order valence-electron chi connectivity index (χ4n) is 4.67. The fraction of sp³-hybridized carbons (Fsp3) is 0.750. The van der Waals surface area contributed by atoms with Gasteiger partial charge in [0.25, 0.3) is 0 Å². The lowest BCUT2D eigenvalue weighted by Gasteiger charge is -2.23. The van der Waals surface area contributed by atoms with Crippen LogP contribution in [0.4, 0.5) is 0 Å². The molecule has 268 valence electrons. The van der Waals surface area contributed by atoms with Gasteiger partial charge in [0.15, 0.2) is 0 Å². The molecule has 10 heteroatoms. The smallest absolute Gasteiger partial charge is 0.392 e. The number of unbranched alkanes of at least 4 members (excludes halogenated alkanes) is 13. The van der Waals surface area contributed by atoms with Gasteiger partial charge in [0.1, 0.15) is 0 Å². The minimum atomic E-state index is -4.41. The van der Waals surface area contributed by atoms with Crippen molar-refractivity contribution in [3.8, 4) is 0 Å². The van der Waals surface area contributed by atoms with Crippen molar-refractivity contribution in [2.24, 2.45) is 5.73 Å². The number of carbonyl (C=O) groups is 1. The Morgan fingerprint density at radius 3 is 1.83 bits per heavy atom. The lowest BCUT2D eigenvalue weighted by Crippen LogP contribution is -2.46. The molecule has 4 unspecified atom stereocenters. The van der Waals surface area contributed by atoms with E-state index in [1.54, 1.807) is 6.08 Å². The van der Waals surface area contributed by atoms with Gasteiger partial charge in [0.2, 0.25) is 5.91 Å². The van der Waals surface area contributed by atoms with E-state index in [1.165, 1.54) is 70.3 Å². The minimum absolute atomic E-state index is 0.0367. The van der Waals surface area contributed by atoms with Gasteiger partial charge in [0.05, 0.1) is 37.9 Å². The number of phosphoric ester groups is 1. The highest BCUT2D eigenvalue weighted by Gasteiger charge is 2.27. The van der Waals surface area contributed by atoms with E-state index in [2.05, 4.69) is 43.5 Å². The summed E-state index contributed by atoms with van der Waals surface area (Å²) in [6.45, 7) is 3.81. The Morgan fingerprint density at radius 2 is 1.24 bits per heavy atom. The van der Waals surface area contributed by atoms with E-state index < -0.39 is 38.6 Å². The molecule has 0 bridgehead atoms. The lowest BCUT2D eigenvalue weighted by atomic mass is 10.1. The van der Waals surface area contributed by atoms with Crippen LogP contribution in [0.15, 0.2) is 48.6 Å². The summed E-state index contributed by atoms with van der Waals surface area (Å²) in [5.41, 5.74) is 5.32. The van der Waals surface area contributed by atoms with Crippen molar-refractivity contribution in [2.75, 3.05) is 19.8 Å². The molecule has 0 aromatic rings. The first-order valence-electron chi connectivity index (χ1n) is 17.8. The number of allylic oxidation sites excluding steroid dienone is 6. The van der Waals surface area contributed by atoms with Crippen molar-refractivity contribution in [3.05, 3.63) is 48.6 Å². The van der Waals surface area contributed by atoms with E-state index >= 15 is 0 Å². The number of aliphatic hydroxyl groups is 2. The van der Waals surface area contributed by atoms with Crippen LogP contribution in [0, 0.1) is 0 Å². The molecule has 0 saturated heterocycles. The molecule has 0 spiro atoms. The SMILES string of the molecule is CCCCCC/C=C\CC(O)CC(=O)NC(COP(=O)(O)OCCN)C(O)/C=C/CC/C=C/CC/C=C/CCCCCCCCC. The van der Waals surface area contributed by atoms with Gasteiger partial charge in [-0.2, -0.15) is 0 Å². The second-order valence-corrected chi connectivity index (χ2v) is 13.4. The first-order chi connectivity index (χ1) is 22.3. The molecular formula is C36H67N2O7P. The molecule has 4 atom stereocenters. The van der Waals surface area contributed by atoms with E-state index in [-0.39, 0.29) is 19.6 Å². The fourth-order valence-corrected chi connectivity index (χ4v) is 5.43. The number of rotatable bonds is 32. The first kappa shape index (κ1) is 44.4. The summed E-state index contributed by atoms with van der Waals surface area (Å²) in [6, 6.07) is -1.02. The van der Waals surface area contributed by atoms with Crippen LogP contribution in [0.3, 0.4) is 0 Å². The van der Waals surface area contributed by atoms with E-state index in [1.807, 2.05) is 12.2 Å². The largest absolute Gasteiger partial charge is 0.472 e. The van der Waals surface area contributed by atoms with Gasteiger partial charge in [-0.15, -0.1) is 0 Å². The average molecular weight is 671 g/mol. The van der Waals surface area contributed by atoms with Crippen LogP contribution in [0.2, 0.25) is 0 Å². The van der Waals surface area contributed by atoms with E-state index in [0.29, 0.717) is 12.8 Å². The molecule has 9 nitrogen and oxygen atoms in total. The predicted molar refractivity (Wildman–Crippen MR) is 190 cm³/mol. The zero-order valence-electron chi connectivity index (χ0n) is 28.9. The number of phosphoric acid groups is 1. The van der Waals surface area contributed by atoms with Crippen LogP contribution in [-0.2, 0) is 18.4 Å². The topological polar surface area (TPSA) is 151 Å². The van der Waals surface area contributed by atoms with Crippen LogP contribution >= 0.6 is 7.82 Å². The van der Waals surface area contributed by atoms with Crippen molar-refractivity contribution in [3.63, 3.8) is 0 Å². The standard InChI is InChI=1S/C36H67N2O7P/c1-3-5-7-9-11-12-13-14-15-16-17-18-19-20-22-24-26-28-35(40)34(32-45-46(42,43)44-30-29-37)38-36(41)31-33(39)27-25-23-21-10-8-6-4-2/h15-16,19-20,23,25-26,28,33-35,39-40H,3-14,17-18,21-22,24,27,29-32,37H2,1-2H3,(H,38,41)(H,42,43)/b16-15+,20-19+,25-23-,28-26+. The van der Waals surface area contributed by atoms with Gasteiger partial charge < -0.3 is 26.2 Å². The van der Waals surface area contributed by atoms with Crippen LogP contribution in [-0.4, -0.2) is 59.0 Å². The third-order valence-corrected chi connectivity index (χ3v) is 8.39. The molecule has 0 aliphatic carbocycles. The molecule has 0 aliphatic rings. The summed E-state index contributed by atoms with van der Waals surface area (Å²) in [5.74, 6) is -0.500. The summed E-state index contributed by atoms with van der Waals surface area (Å²) < 4.78 is 21.9. The molecule has 0 aromatic heterocycles. The van der Waals surface area contributed by atoms with Crippen molar-refractivity contribution >= 4 is 13.7 Å². The molecule has 0 heterocycles. The number of aliphatic hydroxyl groups excluding tert-OH is 2. The quantitative estimate of drug-likeness (QED) is 0.0275. The summed E-state index contributed by atoms with van der Waals surface area (Å²) in [6.07, 6.45) is 33.8. The highest BCUT2D eigenvalue weighted by atomic mass is 31.2. The predicted octanol–water partition coefficient (Wildman–Crippen LogP) is 7.96. The highest BCUT2D eigenvalue weighted by Crippen LogP contribution is 2.43. The maximum Gasteiger partial charge on any atom is 0.472 e. The molecular weight excluding hydrogens is 603 g/mol. The number of nitrogens with one attached hydrogen (secondary N) is 1. The molecule has 0 radical (unpaired) electrons. The molecule has 6 N–H and O–H groups in total. The van der Waals surface area contributed by atoms with Gasteiger partial charge in [0, 0.05) is 6.54 Å². The van der Waals surface area contributed by atoms with Crippen molar-refractivity contribution in [1.82, 2.24) is 5.32 Å². The zero-order chi connectivity index (χ0) is 34.1. The van der Waals surface area contributed by atoms with Crippen molar-refractivity contribution < 1.29 is 33.5 Å². The van der Waals surface area contributed by atoms with Gasteiger partial charge in [-0.3, -0.25) is 13.8 Å². The highest BCUT2D eigenvalue weighted by molar-refractivity contribution is 7.47. The van der Waals surface area contributed by atoms with Crippen LogP contribution in [0.25, 0.3) is 0 Å². The van der Waals surface area contributed by atoms with Crippen molar-refractivity contribution in [1.29, 1.82) is 0 Å². The molecule has 0 rings (SSSR count). The minimum Gasteiger partial charge on any atom is -0.392 e. The first-order valence-corrected chi connectivity index (χ1v) is 19.3. The number of hydrogen-bond acceptors (Lipinski definition) is 7. The summed E-state index contributed by atoms with van der Waals surface area (Å²) >= 11 is 0. The average Bonchev–Trinajstić information content (AvgIpc) is 3.03. The maximum absolute atomic E-state index is 12.6. The number of nitrogens with two attached hydrogens (primary N) is 1. The molecule has 46 heavy (non-hydrogen) atoms. The van der Waals surface area contributed by atoms with Gasteiger partial charge in [-0.25, -0.2) is 4.57 Å². The number of amides is 1. The zero-order valence-corrected chi connectivity index (χ0v) is 29.8. The normalized spacial score (nSPS) is 15.7. The van der Waals surface area contributed by atoms with E-state index in [9.17, 15) is 24.5 Å². The molecule has 1 amide bonds. The molecule has 0 saturated carbocycles. The summed E-state index contributed by atoms with van der Waals surface area (Å²) in [7, 11) is -4.41. The number of carbonyl (C=O) groups excluding carboxylic acids is 1. The Hall–Kier alpha value is -1.58. The van der Waals surface area contributed by atoms with Crippen LogP contribution in [0.1, 0.15) is 136 Å². The van der Waals surface area contributed by atoms with Gasteiger partial charge in [-0.05, 0) is 57.8 Å².